The first-order valence-electron chi connectivity index (χ1n) is 7.34. The van der Waals surface area contributed by atoms with Gasteiger partial charge in [0.1, 0.15) is 0 Å². The zero-order chi connectivity index (χ0) is 15.5. The number of halogens is 1. The van der Waals surface area contributed by atoms with Crippen molar-refractivity contribution < 1.29 is 4.79 Å². The first kappa shape index (κ1) is 15.0. The number of nitrogens with one attached hydrogen (secondary N) is 2. The van der Waals surface area contributed by atoms with E-state index >= 15 is 0 Å². The van der Waals surface area contributed by atoms with E-state index in [2.05, 4.69) is 20.9 Å². The van der Waals surface area contributed by atoms with E-state index in [1.807, 2.05) is 11.6 Å². The summed E-state index contributed by atoms with van der Waals surface area (Å²) < 4.78 is 1.87. The highest BCUT2D eigenvalue weighted by Gasteiger charge is 2.22. The number of rotatable bonds is 3. The molecule has 116 valence electrons. The van der Waals surface area contributed by atoms with Crippen LogP contribution in [0.3, 0.4) is 0 Å². The summed E-state index contributed by atoms with van der Waals surface area (Å²) in [7, 11) is 0. The summed E-state index contributed by atoms with van der Waals surface area (Å²) in [5.74, 6) is -0.264. The van der Waals surface area contributed by atoms with Gasteiger partial charge in [0, 0.05) is 10.7 Å². The SMILES string of the molecule is Cc1c(C(=O)Nc2cccc(Cl)c2)nnn1C1CCNCC1. The maximum atomic E-state index is 12.4. The second-order valence-electron chi connectivity index (χ2n) is 5.41. The molecule has 1 aliphatic heterocycles. The van der Waals surface area contributed by atoms with Gasteiger partial charge in [0.25, 0.3) is 5.91 Å². The van der Waals surface area contributed by atoms with Crippen molar-refractivity contribution in [1.82, 2.24) is 20.3 Å². The standard InChI is InChI=1S/C15H18ClN5O/c1-10-14(15(22)18-12-4-2-3-11(16)9-12)19-20-21(10)13-5-7-17-8-6-13/h2-4,9,13,17H,5-8H2,1H3,(H,18,22). The fourth-order valence-corrected chi connectivity index (χ4v) is 2.90. The number of carbonyl (C=O) groups is 1. The van der Waals surface area contributed by atoms with E-state index in [0.717, 1.165) is 31.6 Å². The van der Waals surface area contributed by atoms with Crippen LogP contribution in [0.1, 0.15) is 35.1 Å². The van der Waals surface area contributed by atoms with Crippen LogP contribution in [0.2, 0.25) is 5.02 Å². The molecule has 0 radical (unpaired) electrons. The van der Waals surface area contributed by atoms with E-state index in [9.17, 15) is 4.79 Å². The van der Waals surface area contributed by atoms with Gasteiger partial charge in [-0.15, -0.1) is 5.10 Å². The van der Waals surface area contributed by atoms with Crippen molar-refractivity contribution in [2.45, 2.75) is 25.8 Å². The van der Waals surface area contributed by atoms with Crippen molar-refractivity contribution in [2.24, 2.45) is 0 Å². The minimum absolute atomic E-state index is 0.264. The summed E-state index contributed by atoms with van der Waals surface area (Å²) in [6, 6.07) is 7.34. The number of nitrogens with zero attached hydrogens (tertiary/aromatic N) is 3. The molecule has 1 aromatic carbocycles. The maximum Gasteiger partial charge on any atom is 0.278 e. The predicted octanol–water partition coefficient (Wildman–Crippen LogP) is 2.42. The monoisotopic (exact) mass is 319 g/mol. The van der Waals surface area contributed by atoms with Crippen molar-refractivity contribution in [1.29, 1.82) is 0 Å². The van der Waals surface area contributed by atoms with Crippen LogP contribution in [0.4, 0.5) is 5.69 Å². The van der Waals surface area contributed by atoms with E-state index in [1.54, 1.807) is 24.3 Å². The molecule has 2 N–H and O–H groups in total. The van der Waals surface area contributed by atoms with Gasteiger partial charge in [-0.05, 0) is 51.1 Å². The molecule has 1 aliphatic rings. The van der Waals surface area contributed by atoms with Crippen molar-refractivity contribution in [3.05, 3.63) is 40.7 Å². The Morgan fingerprint density at radius 1 is 1.41 bits per heavy atom. The number of piperidine rings is 1. The van der Waals surface area contributed by atoms with Crippen LogP contribution in [-0.2, 0) is 0 Å². The highest BCUT2D eigenvalue weighted by Crippen LogP contribution is 2.21. The van der Waals surface area contributed by atoms with Crippen LogP contribution in [0.15, 0.2) is 24.3 Å². The molecular formula is C15H18ClN5O. The molecule has 1 aromatic heterocycles. The number of benzene rings is 1. The van der Waals surface area contributed by atoms with E-state index < -0.39 is 0 Å². The van der Waals surface area contributed by atoms with Gasteiger partial charge in [-0.3, -0.25) is 4.79 Å². The number of carbonyl (C=O) groups excluding carboxylic acids is 1. The highest BCUT2D eigenvalue weighted by atomic mass is 35.5. The van der Waals surface area contributed by atoms with Crippen LogP contribution < -0.4 is 10.6 Å². The lowest BCUT2D eigenvalue weighted by Crippen LogP contribution is -2.30. The van der Waals surface area contributed by atoms with Crippen molar-refractivity contribution in [3.8, 4) is 0 Å². The van der Waals surface area contributed by atoms with Gasteiger partial charge in [-0.2, -0.15) is 0 Å². The van der Waals surface area contributed by atoms with Crippen LogP contribution >= 0.6 is 11.6 Å². The first-order valence-corrected chi connectivity index (χ1v) is 7.72. The number of aromatic nitrogens is 3. The van der Waals surface area contributed by atoms with E-state index in [-0.39, 0.29) is 5.91 Å². The molecule has 2 heterocycles. The van der Waals surface area contributed by atoms with Crippen LogP contribution in [-0.4, -0.2) is 34.0 Å². The zero-order valence-corrected chi connectivity index (χ0v) is 13.1. The van der Waals surface area contributed by atoms with Crippen LogP contribution in [0.5, 0.6) is 0 Å². The molecule has 7 heteroatoms. The smallest absolute Gasteiger partial charge is 0.278 e. The largest absolute Gasteiger partial charge is 0.320 e. The van der Waals surface area contributed by atoms with Crippen molar-refractivity contribution in [3.63, 3.8) is 0 Å². The third kappa shape index (κ3) is 3.13. The molecule has 1 amide bonds. The summed E-state index contributed by atoms with van der Waals surface area (Å²) in [5, 5.41) is 14.9. The third-order valence-corrected chi connectivity index (χ3v) is 4.11. The summed E-state index contributed by atoms with van der Waals surface area (Å²) >= 11 is 5.92. The molecule has 22 heavy (non-hydrogen) atoms. The van der Waals surface area contributed by atoms with Gasteiger partial charge >= 0.3 is 0 Å². The number of hydrogen-bond acceptors (Lipinski definition) is 4. The molecule has 0 aliphatic carbocycles. The summed E-state index contributed by atoms with van der Waals surface area (Å²) in [4.78, 5) is 12.4. The van der Waals surface area contributed by atoms with E-state index in [0.29, 0.717) is 22.4 Å². The number of hydrogen-bond donors (Lipinski definition) is 2. The molecule has 1 saturated heterocycles. The topological polar surface area (TPSA) is 71.8 Å². The molecule has 0 bridgehead atoms. The van der Waals surface area contributed by atoms with Gasteiger partial charge in [-0.1, -0.05) is 22.9 Å². The van der Waals surface area contributed by atoms with Gasteiger partial charge in [-0.25, -0.2) is 4.68 Å². The Hall–Kier alpha value is -1.92. The Morgan fingerprint density at radius 2 is 2.18 bits per heavy atom. The fraction of sp³-hybridized carbons (Fsp3) is 0.400. The second-order valence-corrected chi connectivity index (χ2v) is 5.85. The lowest BCUT2D eigenvalue weighted by molar-refractivity contribution is 0.102. The summed E-state index contributed by atoms with van der Waals surface area (Å²) in [6.07, 6.45) is 2.00. The molecule has 0 spiro atoms. The normalized spacial score (nSPS) is 15.7. The Balaban J connectivity index is 1.77. The van der Waals surface area contributed by atoms with Crippen LogP contribution in [0.25, 0.3) is 0 Å². The van der Waals surface area contributed by atoms with Gasteiger partial charge in [0.05, 0.1) is 11.7 Å². The van der Waals surface area contributed by atoms with Gasteiger partial charge in [0.2, 0.25) is 0 Å². The minimum atomic E-state index is -0.264. The average Bonchev–Trinajstić information content (AvgIpc) is 2.90. The minimum Gasteiger partial charge on any atom is -0.320 e. The van der Waals surface area contributed by atoms with E-state index in [4.69, 9.17) is 11.6 Å². The zero-order valence-electron chi connectivity index (χ0n) is 12.3. The maximum absolute atomic E-state index is 12.4. The van der Waals surface area contributed by atoms with E-state index in [1.165, 1.54) is 0 Å². The predicted molar refractivity (Wildman–Crippen MR) is 85.3 cm³/mol. The molecule has 6 nitrogen and oxygen atoms in total. The number of anilines is 1. The molecule has 1 fully saturated rings. The highest BCUT2D eigenvalue weighted by molar-refractivity contribution is 6.30. The van der Waals surface area contributed by atoms with Gasteiger partial charge in [0.15, 0.2) is 5.69 Å². The van der Waals surface area contributed by atoms with Crippen molar-refractivity contribution >= 4 is 23.2 Å². The molecule has 2 aromatic rings. The summed E-state index contributed by atoms with van der Waals surface area (Å²) in [6.45, 7) is 3.82. The quantitative estimate of drug-likeness (QED) is 0.911. The lowest BCUT2D eigenvalue weighted by Gasteiger charge is -2.23. The van der Waals surface area contributed by atoms with Crippen LogP contribution in [0, 0.1) is 6.92 Å². The van der Waals surface area contributed by atoms with Crippen molar-refractivity contribution in [2.75, 3.05) is 18.4 Å². The number of amides is 1. The first-order chi connectivity index (χ1) is 10.6. The second kappa shape index (κ2) is 6.46. The molecule has 0 unspecified atom stereocenters. The molecule has 0 atom stereocenters. The molecular weight excluding hydrogens is 302 g/mol. The third-order valence-electron chi connectivity index (χ3n) is 3.88. The Kier molecular flexibility index (Phi) is 4.40. The molecule has 3 rings (SSSR count). The lowest BCUT2D eigenvalue weighted by atomic mass is 10.1. The van der Waals surface area contributed by atoms with Gasteiger partial charge < -0.3 is 10.6 Å². The molecule has 0 saturated carbocycles. The Bertz CT molecular complexity index is 678. The summed E-state index contributed by atoms with van der Waals surface area (Å²) in [5.41, 5.74) is 1.80. The average molecular weight is 320 g/mol. The Labute approximate surface area is 133 Å². The fourth-order valence-electron chi connectivity index (χ4n) is 2.71. The Morgan fingerprint density at radius 3 is 2.91 bits per heavy atom.